The van der Waals surface area contributed by atoms with Crippen molar-refractivity contribution in [3.63, 3.8) is 0 Å². The average Bonchev–Trinajstić information content (AvgIpc) is 2.75. The Morgan fingerprint density at radius 2 is 1.71 bits per heavy atom. The van der Waals surface area contributed by atoms with Gasteiger partial charge in [-0.05, 0) is 43.9 Å². The summed E-state index contributed by atoms with van der Waals surface area (Å²) in [6.45, 7) is 3.51. The monoisotopic (exact) mass is 444 g/mol. The molecule has 1 aliphatic heterocycles. The molecule has 1 aliphatic rings. The Balaban J connectivity index is 1.90. The lowest BCUT2D eigenvalue weighted by atomic mass is 10.0. The van der Waals surface area contributed by atoms with Gasteiger partial charge in [0, 0.05) is 24.7 Å². The van der Waals surface area contributed by atoms with Crippen molar-refractivity contribution in [1.29, 1.82) is 0 Å². The third kappa shape index (κ3) is 4.39. The number of amides is 1. The molecule has 3 rings (SSSR count). The number of nitrogens with one attached hydrogen (secondary N) is 1. The molecule has 0 aliphatic carbocycles. The molecule has 0 aromatic heterocycles. The molecule has 0 unspecified atom stereocenters. The van der Waals surface area contributed by atoms with Gasteiger partial charge in [-0.3, -0.25) is 9.10 Å². The van der Waals surface area contributed by atoms with Crippen LogP contribution in [0.25, 0.3) is 5.57 Å². The summed E-state index contributed by atoms with van der Waals surface area (Å²) in [5.41, 5.74) is 2.58. The molecule has 0 bridgehead atoms. The molecule has 1 amide bonds. The Morgan fingerprint density at radius 1 is 1.10 bits per heavy atom. The summed E-state index contributed by atoms with van der Waals surface area (Å²) in [5, 5.41) is 2.85. The quantitative estimate of drug-likeness (QED) is 0.708. The number of sulfonamides is 1. The number of carbonyl (C=O) groups excluding carboxylic acids is 1. The minimum Gasteiger partial charge on any atom is -0.493 e. The number of benzene rings is 2. The maximum Gasteiger partial charge on any atom is 0.269 e. The summed E-state index contributed by atoms with van der Waals surface area (Å²) < 4.78 is 38.1. The first-order valence-electron chi connectivity index (χ1n) is 10.0. The molecule has 166 valence electrons. The highest BCUT2D eigenvalue weighted by Gasteiger charge is 2.38. The fourth-order valence-corrected chi connectivity index (χ4v) is 5.16. The number of allylic oxidation sites excluding steroid dienone is 1. The summed E-state index contributed by atoms with van der Waals surface area (Å²) in [4.78, 5) is 12.8. The van der Waals surface area contributed by atoms with Crippen LogP contribution in [-0.2, 0) is 21.2 Å². The number of fused-ring (bicyclic) bond motifs is 1. The van der Waals surface area contributed by atoms with E-state index in [1.165, 1.54) is 26.8 Å². The first kappa shape index (κ1) is 22.7. The molecular weight excluding hydrogens is 416 g/mol. The zero-order valence-corrected chi connectivity index (χ0v) is 19.2. The fraction of sp³-hybridized carbons (Fsp3) is 0.348. The molecule has 0 saturated heterocycles. The van der Waals surface area contributed by atoms with Gasteiger partial charge < -0.3 is 14.8 Å². The molecule has 0 saturated carbocycles. The molecule has 2 aromatic carbocycles. The number of carbonyl (C=O) groups is 1. The number of hydrogen-bond donors (Lipinski definition) is 1. The van der Waals surface area contributed by atoms with Gasteiger partial charge in [-0.15, -0.1) is 0 Å². The molecule has 1 N–H and O–H groups in total. The lowest BCUT2D eigenvalue weighted by Gasteiger charge is -2.30. The van der Waals surface area contributed by atoms with Crippen molar-refractivity contribution in [2.75, 3.05) is 25.6 Å². The van der Waals surface area contributed by atoms with Gasteiger partial charge in [-0.1, -0.05) is 30.3 Å². The Labute approximate surface area is 183 Å². The van der Waals surface area contributed by atoms with Crippen LogP contribution in [0.15, 0.2) is 47.4 Å². The fourth-order valence-electron chi connectivity index (χ4n) is 3.69. The second-order valence-corrected chi connectivity index (χ2v) is 9.46. The zero-order valence-electron chi connectivity index (χ0n) is 18.4. The molecule has 0 fully saturated rings. The number of anilines is 1. The van der Waals surface area contributed by atoms with Crippen LogP contribution in [0.2, 0.25) is 0 Å². The lowest BCUT2D eigenvalue weighted by molar-refractivity contribution is -0.117. The van der Waals surface area contributed by atoms with Crippen molar-refractivity contribution in [3.05, 3.63) is 58.5 Å². The molecule has 1 atom stereocenters. The van der Waals surface area contributed by atoms with Crippen molar-refractivity contribution in [3.8, 4) is 11.5 Å². The largest absolute Gasteiger partial charge is 0.493 e. The molecule has 0 spiro atoms. The number of ether oxygens (including phenoxy) is 2. The summed E-state index contributed by atoms with van der Waals surface area (Å²) >= 11 is 0. The second-order valence-electron chi connectivity index (χ2n) is 7.55. The lowest BCUT2D eigenvalue weighted by Crippen LogP contribution is -2.41. The summed E-state index contributed by atoms with van der Waals surface area (Å²) in [5.74, 6) is 0.271. The van der Waals surface area contributed by atoms with Gasteiger partial charge in [-0.25, -0.2) is 8.42 Å². The SMILES string of the molecule is COc1cc2c(cc1OC)N(C)S(=O)(=O)C(C(=O)N[C@H](C)CCc1ccccc1)=C2C. The van der Waals surface area contributed by atoms with Crippen molar-refractivity contribution >= 4 is 27.2 Å². The van der Waals surface area contributed by atoms with E-state index in [0.29, 0.717) is 34.7 Å². The van der Waals surface area contributed by atoms with Gasteiger partial charge in [-0.2, -0.15) is 0 Å². The summed E-state index contributed by atoms with van der Waals surface area (Å²) in [6.07, 6.45) is 1.48. The molecular formula is C23H28N2O5S. The van der Waals surface area contributed by atoms with Crippen LogP contribution in [0, 0.1) is 0 Å². The van der Waals surface area contributed by atoms with Crippen LogP contribution in [0.5, 0.6) is 11.5 Å². The number of hydrogen-bond acceptors (Lipinski definition) is 5. The van der Waals surface area contributed by atoms with E-state index < -0.39 is 15.9 Å². The van der Waals surface area contributed by atoms with Crippen LogP contribution in [-0.4, -0.2) is 41.6 Å². The average molecular weight is 445 g/mol. The molecule has 8 heteroatoms. The topological polar surface area (TPSA) is 84.9 Å². The maximum atomic E-state index is 13.2. The summed E-state index contributed by atoms with van der Waals surface area (Å²) in [7, 11) is 0.407. The predicted molar refractivity (Wildman–Crippen MR) is 122 cm³/mol. The first-order valence-corrected chi connectivity index (χ1v) is 11.5. The van der Waals surface area contributed by atoms with Crippen LogP contribution in [0.3, 0.4) is 0 Å². The van der Waals surface area contributed by atoms with E-state index in [1.807, 2.05) is 37.3 Å². The molecule has 0 radical (unpaired) electrons. The second kappa shape index (κ2) is 9.01. The molecule has 7 nitrogen and oxygen atoms in total. The van der Waals surface area contributed by atoms with Crippen LogP contribution >= 0.6 is 0 Å². The third-order valence-electron chi connectivity index (χ3n) is 5.50. The van der Waals surface area contributed by atoms with Gasteiger partial charge in [0.25, 0.3) is 15.9 Å². The number of aryl methyl sites for hydroxylation is 1. The van der Waals surface area contributed by atoms with Crippen LogP contribution in [0.4, 0.5) is 5.69 Å². The van der Waals surface area contributed by atoms with E-state index in [1.54, 1.807) is 19.1 Å². The molecule has 31 heavy (non-hydrogen) atoms. The van der Waals surface area contributed by atoms with E-state index in [-0.39, 0.29) is 10.9 Å². The van der Waals surface area contributed by atoms with Gasteiger partial charge in [0.05, 0.1) is 19.9 Å². The third-order valence-corrected chi connectivity index (χ3v) is 7.42. The predicted octanol–water partition coefficient (Wildman–Crippen LogP) is 3.35. The highest BCUT2D eigenvalue weighted by Crippen LogP contribution is 2.44. The smallest absolute Gasteiger partial charge is 0.269 e. The number of rotatable bonds is 7. The van der Waals surface area contributed by atoms with Crippen LogP contribution in [0.1, 0.15) is 31.4 Å². The standard InChI is InChI=1S/C23H28N2O5S/c1-15(11-12-17-9-7-6-8-10-17)24-23(26)22-16(2)18-13-20(29-4)21(30-5)14-19(18)25(3)31(22,27)28/h6-10,13-15H,11-12H2,1-5H3,(H,24,26)/t15-/m1/s1. The molecule has 1 heterocycles. The minimum atomic E-state index is -4.02. The van der Waals surface area contributed by atoms with Gasteiger partial charge in [0.15, 0.2) is 16.4 Å². The Morgan fingerprint density at radius 3 is 2.32 bits per heavy atom. The van der Waals surface area contributed by atoms with Gasteiger partial charge >= 0.3 is 0 Å². The number of methoxy groups -OCH3 is 2. The zero-order chi connectivity index (χ0) is 22.8. The Hall–Kier alpha value is -3.00. The van der Waals surface area contributed by atoms with Crippen LogP contribution < -0.4 is 19.1 Å². The van der Waals surface area contributed by atoms with Crippen molar-refractivity contribution in [2.24, 2.45) is 0 Å². The normalized spacial score (nSPS) is 15.8. The van der Waals surface area contributed by atoms with E-state index >= 15 is 0 Å². The highest BCUT2D eigenvalue weighted by atomic mass is 32.2. The van der Waals surface area contributed by atoms with E-state index in [9.17, 15) is 13.2 Å². The summed E-state index contributed by atoms with van der Waals surface area (Å²) in [6, 6.07) is 13.1. The van der Waals surface area contributed by atoms with Gasteiger partial charge in [0.1, 0.15) is 0 Å². The maximum absolute atomic E-state index is 13.2. The molecule has 2 aromatic rings. The van der Waals surface area contributed by atoms with Crippen molar-refractivity contribution < 1.29 is 22.7 Å². The van der Waals surface area contributed by atoms with Crippen molar-refractivity contribution in [1.82, 2.24) is 5.32 Å². The van der Waals surface area contributed by atoms with E-state index in [0.717, 1.165) is 10.7 Å². The van der Waals surface area contributed by atoms with E-state index in [4.69, 9.17) is 9.47 Å². The Kier molecular flexibility index (Phi) is 6.59. The first-order chi connectivity index (χ1) is 14.7. The number of nitrogens with zero attached hydrogens (tertiary/aromatic N) is 1. The van der Waals surface area contributed by atoms with Gasteiger partial charge in [0.2, 0.25) is 0 Å². The highest BCUT2D eigenvalue weighted by molar-refractivity contribution is 7.97. The van der Waals surface area contributed by atoms with E-state index in [2.05, 4.69) is 5.32 Å². The van der Waals surface area contributed by atoms with Crippen molar-refractivity contribution in [2.45, 2.75) is 32.7 Å². The minimum absolute atomic E-state index is 0.194. The Bertz CT molecular complexity index is 1110.